The van der Waals surface area contributed by atoms with Crippen LogP contribution in [-0.2, 0) is 9.84 Å². The van der Waals surface area contributed by atoms with Crippen LogP contribution in [0.3, 0.4) is 0 Å². The molecule has 2 aromatic rings. The summed E-state index contributed by atoms with van der Waals surface area (Å²) in [5.74, 6) is 0.829. The van der Waals surface area contributed by atoms with Crippen molar-refractivity contribution in [2.45, 2.75) is 23.7 Å². The molecule has 0 radical (unpaired) electrons. The molecule has 1 aliphatic carbocycles. The molecule has 1 fully saturated rings. The van der Waals surface area contributed by atoms with Crippen LogP contribution in [0.25, 0.3) is 0 Å². The molecule has 5 nitrogen and oxygen atoms in total. The molecule has 110 valence electrons. The second-order valence-electron chi connectivity index (χ2n) is 4.97. The van der Waals surface area contributed by atoms with E-state index in [1.54, 1.807) is 6.07 Å². The molecule has 0 unspecified atom stereocenters. The quantitative estimate of drug-likeness (QED) is 0.624. The van der Waals surface area contributed by atoms with Crippen LogP contribution in [0.4, 0.5) is 0 Å². The van der Waals surface area contributed by atoms with Gasteiger partial charge in [-0.05, 0) is 37.1 Å². The molecule has 7 heteroatoms. The highest BCUT2D eigenvalue weighted by Gasteiger charge is 2.29. The topological polar surface area (TPSA) is 77.2 Å². The molecule has 0 spiro atoms. The highest BCUT2D eigenvalue weighted by Crippen LogP contribution is 2.40. The lowest BCUT2D eigenvalue weighted by molar-refractivity contribution is 0.103. The molecule has 1 aliphatic rings. The summed E-state index contributed by atoms with van der Waals surface area (Å²) >= 11 is 5.39. The van der Waals surface area contributed by atoms with Gasteiger partial charge in [-0.15, -0.1) is 11.6 Å². The molecule has 0 aliphatic heterocycles. The van der Waals surface area contributed by atoms with E-state index < -0.39 is 15.0 Å². The molecule has 1 aromatic heterocycles. The van der Waals surface area contributed by atoms with Gasteiger partial charge in [0.05, 0.1) is 4.90 Å². The predicted molar refractivity (Wildman–Crippen MR) is 76.3 cm³/mol. The summed E-state index contributed by atoms with van der Waals surface area (Å²) in [4.78, 5) is 12.3. The van der Waals surface area contributed by atoms with Crippen molar-refractivity contribution in [1.82, 2.24) is 5.16 Å². The van der Waals surface area contributed by atoms with Crippen molar-refractivity contribution in [1.29, 1.82) is 0 Å². The number of halogens is 1. The summed E-state index contributed by atoms with van der Waals surface area (Å²) in [5.41, 5.74) is 0.601. The Bertz CT molecular complexity index is 776. The first-order chi connectivity index (χ1) is 10.0. The lowest BCUT2D eigenvalue weighted by atomic mass is 10.1. The van der Waals surface area contributed by atoms with E-state index in [0.717, 1.165) is 18.6 Å². The van der Waals surface area contributed by atoms with Crippen LogP contribution in [-0.4, -0.2) is 24.6 Å². The fraction of sp³-hybridized carbons (Fsp3) is 0.286. The van der Waals surface area contributed by atoms with Gasteiger partial charge in [0.2, 0.25) is 5.78 Å². The monoisotopic (exact) mass is 325 g/mol. The normalized spacial score (nSPS) is 15.1. The largest absolute Gasteiger partial charge is 0.360 e. The molecule has 0 saturated heterocycles. The summed E-state index contributed by atoms with van der Waals surface area (Å²) in [6.45, 7) is 0. The van der Waals surface area contributed by atoms with Crippen molar-refractivity contribution in [2.24, 2.45) is 0 Å². The van der Waals surface area contributed by atoms with Gasteiger partial charge in [0.25, 0.3) is 0 Å². The van der Waals surface area contributed by atoms with Crippen LogP contribution in [0.2, 0.25) is 0 Å². The third-order valence-electron chi connectivity index (χ3n) is 3.36. The number of alkyl halides is 1. The van der Waals surface area contributed by atoms with Crippen molar-refractivity contribution >= 4 is 27.2 Å². The number of aromatic nitrogens is 1. The smallest absolute Gasteiger partial charge is 0.214 e. The zero-order valence-electron chi connectivity index (χ0n) is 11.0. The van der Waals surface area contributed by atoms with Crippen molar-refractivity contribution in [3.8, 4) is 0 Å². The predicted octanol–water partition coefficient (Wildman–Crippen LogP) is 2.75. The first-order valence-electron chi connectivity index (χ1n) is 6.41. The Morgan fingerprint density at radius 2 is 1.95 bits per heavy atom. The minimum Gasteiger partial charge on any atom is -0.360 e. The molecule has 1 saturated carbocycles. The van der Waals surface area contributed by atoms with Gasteiger partial charge in [-0.2, -0.15) is 0 Å². The van der Waals surface area contributed by atoms with Crippen LogP contribution in [0, 0.1) is 0 Å². The number of benzene rings is 1. The van der Waals surface area contributed by atoms with Gasteiger partial charge in [0, 0.05) is 17.5 Å². The summed E-state index contributed by atoms with van der Waals surface area (Å²) in [6.07, 6.45) is 2.13. The summed E-state index contributed by atoms with van der Waals surface area (Å²) in [7, 11) is -3.48. The minimum absolute atomic E-state index is 0.0906. The molecule has 0 atom stereocenters. The standard InChI is InChI=1S/C14H12ClNO4S/c15-8-21(18,19)11-5-3-10(4-6-11)14(17)12-7-13(20-16-12)9-1-2-9/h3-7,9H,1-2,8H2. The van der Waals surface area contributed by atoms with E-state index in [0.29, 0.717) is 11.5 Å². The summed E-state index contributed by atoms with van der Waals surface area (Å²) < 4.78 is 28.3. The van der Waals surface area contributed by atoms with Crippen LogP contribution in [0.1, 0.15) is 40.6 Å². The second-order valence-corrected chi connectivity index (χ2v) is 7.54. The van der Waals surface area contributed by atoms with E-state index in [9.17, 15) is 13.2 Å². The van der Waals surface area contributed by atoms with Gasteiger partial charge in [0.1, 0.15) is 11.0 Å². The maximum Gasteiger partial charge on any atom is 0.214 e. The zero-order valence-corrected chi connectivity index (χ0v) is 12.5. The molecule has 0 bridgehead atoms. The van der Waals surface area contributed by atoms with Crippen LogP contribution in [0.15, 0.2) is 39.8 Å². The van der Waals surface area contributed by atoms with Crippen molar-refractivity contribution in [2.75, 3.05) is 5.21 Å². The number of hydrogen-bond acceptors (Lipinski definition) is 5. The first-order valence-corrected chi connectivity index (χ1v) is 8.60. The number of hydrogen-bond donors (Lipinski definition) is 0. The van der Waals surface area contributed by atoms with Gasteiger partial charge in [-0.3, -0.25) is 4.79 Å². The van der Waals surface area contributed by atoms with Crippen molar-refractivity contribution < 1.29 is 17.7 Å². The Hall–Kier alpha value is -1.66. The van der Waals surface area contributed by atoms with Gasteiger partial charge in [-0.25, -0.2) is 8.42 Å². The number of rotatable bonds is 5. The van der Waals surface area contributed by atoms with E-state index in [2.05, 4.69) is 5.16 Å². The molecule has 0 amide bonds. The highest BCUT2D eigenvalue weighted by atomic mass is 35.5. The molecule has 0 N–H and O–H groups in total. The average molecular weight is 326 g/mol. The molecule has 21 heavy (non-hydrogen) atoms. The number of sulfone groups is 1. The average Bonchev–Trinajstić information content (AvgIpc) is 3.24. The lowest BCUT2D eigenvalue weighted by Crippen LogP contribution is -2.05. The lowest BCUT2D eigenvalue weighted by Gasteiger charge is -2.01. The SMILES string of the molecule is O=C(c1ccc(S(=O)(=O)CCl)cc1)c1cc(C2CC2)on1. The van der Waals surface area contributed by atoms with Gasteiger partial charge < -0.3 is 4.52 Å². The second kappa shape index (κ2) is 5.27. The Kier molecular flexibility index (Phi) is 3.59. The van der Waals surface area contributed by atoms with Gasteiger partial charge in [-0.1, -0.05) is 5.16 Å². The Labute approximate surface area is 126 Å². The molecular weight excluding hydrogens is 314 g/mol. The minimum atomic E-state index is -3.48. The zero-order chi connectivity index (χ0) is 15.0. The summed E-state index contributed by atoms with van der Waals surface area (Å²) in [6, 6.07) is 7.30. The molecule has 1 heterocycles. The fourth-order valence-electron chi connectivity index (χ4n) is 1.98. The number of carbonyl (C=O) groups excluding carboxylic acids is 1. The van der Waals surface area contributed by atoms with E-state index in [1.807, 2.05) is 0 Å². The molecule has 3 rings (SSSR count). The Morgan fingerprint density at radius 1 is 1.29 bits per heavy atom. The van der Waals surface area contributed by atoms with E-state index in [-0.39, 0.29) is 16.4 Å². The maximum atomic E-state index is 12.2. The summed E-state index contributed by atoms with van der Waals surface area (Å²) in [5, 5.41) is 3.29. The van der Waals surface area contributed by atoms with E-state index >= 15 is 0 Å². The van der Waals surface area contributed by atoms with Crippen molar-refractivity contribution in [3.63, 3.8) is 0 Å². The third-order valence-corrected chi connectivity index (χ3v) is 5.50. The van der Waals surface area contributed by atoms with Crippen LogP contribution >= 0.6 is 11.6 Å². The van der Waals surface area contributed by atoms with Crippen LogP contribution in [0.5, 0.6) is 0 Å². The maximum absolute atomic E-state index is 12.2. The first kappa shape index (κ1) is 14.3. The van der Waals surface area contributed by atoms with Crippen molar-refractivity contribution in [3.05, 3.63) is 47.3 Å². The Balaban J connectivity index is 1.84. The molecular formula is C14H12ClNO4S. The van der Waals surface area contributed by atoms with Gasteiger partial charge >= 0.3 is 0 Å². The van der Waals surface area contributed by atoms with Crippen LogP contribution < -0.4 is 0 Å². The number of nitrogens with zero attached hydrogens (tertiary/aromatic N) is 1. The highest BCUT2D eigenvalue weighted by molar-refractivity contribution is 7.92. The van der Waals surface area contributed by atoms with E-state index in [1.165, 1.54) is 24.3 Å². The molecule has 1 aromatic carbocycles. The van der Waals surface area contributed by atoms with Gasteiger partial charge in [0.15, 0.2) is 15.5 Å². The number of carbonyl (C=O) groups is 1. The third kappa shape index (κ3) is 2.87. The fourth-order valence-corrected chi connectivity index (χ4v) is 3.04. The number of ketones is 1. The Morgan fingerprint density at radius 3 is 2.52 bits per heavy atom. The van der Waals surface area contributed by atoms with E-state index in [4.69, 9.17) is 16.1 Å².